The summed E-state index contributed by atoms with van der Waals surface area (Å²) >= 11 is 0. The average Bonchev–Trinajstić information content (AvgIpc) is 2.72. The Morgan fingerprint density at radius 3 is 2.85 bits per heavy atom. The van der Waals surface area contributed by atoms with Gasteiger partial charge in [0, 0.05) is 19.1 Å². The summed E-state index contributed by atoms with van der Waals surface area (Å²) in [6.45, 7) is 5.05. The summed E-state index contributed by atoms with van der Waals surface area (Å²) in [5.74, 6) is 0.649. The fourth-order valence-electron chi connectivity index (χ4n) is 2.36. The fraction of sp³-hybridized carbons (Fsp3) is 0.900. The number of likely N-dealkylation sites (tertiary alicyclic amines) is 1. The van der Waals surface area contributed by atoms with Crippen molar-refractivity contribution in [3.8, 4) is 0 Å². The molecule has 0 radical (unpaired) electrons. The Morgan fingerprint density at radius 2 is 2.31 bits per heavy atom. The first-order chi connectivity index (χ1) is 6.29. The van der Waals surface area contributed by atoms with Gasteiger partial charge in [0.2, 0.25) is 5.91 Å². The third kappa shape index (κ3) is 1.70. The lowest BCUT2D eigenvalue weighted by molar-refractivity contribution is -0.135. The van der Waals surface area contributed by atoms with Crippen LogP contribution in [0.3, 0.4) is 0 Å². The minimum Gasteiger partial charge on any atom is -0.340 e. The van der Waals surface area contributed by atoms with Crippen LogP contribution >= 0.6 is 0 Å². The van der Waals surface area contributed by atoms with Crippen LogP contribution in [0.15, 0.2) is 0 Å². The van der Waals surface area contributed by atoms with Gasteiger partial charge in [0.15, 0.2) is 0 Å². The highest BCUT2D eigenvalue weighted by Crippen LogP contribution is 2.21. The zero-order valence-corrected chi connectivity index (χ0v) is 8.25. The van der Waals surface area contributed by atoms with Crippen LogP contribution in [-0.2, 0) is 4.79 Å². The van der Waals surface area contributed by atoms with Crippen molar-refractivity contribution in [1.82, 2.24) is 10.2 Å². The van der Waals surface area contributed by atoms with Crippen LogP contribution in [0, 0.1) is 5.92 Å². The smallest absolute Gasteiger partial charge is 0.227 e. The third-order valence-corrected chi connectivity index (χ3v) is 3.25. The number of rotatable bonds is 1. The zero-order chi connectivity index (χ0) is 9.26. The van der Waals surface area contributed by atoms with E-state index in [2.05, 4.69) is 17.1 Å². The molecule has 0 unspecified atom stereocenters. The van der Waals surface area contributed by atoms with Gasteiger partial charge in [-0.1, -0.05) is 0 Å². The van der Waals surface area contributed by atoms with Gasteiger partial charge in [-0.25, -0.2) is 0 Å². The summed E-state index contributed by atoms with van der Waals surface area (Å²) in [4.78, 5) is 14.0. The second-order valence-electron chi connectivity index (χ2n) is 4.21. The number of carbonyl (C=O) groups excluding carboxylic acids is 1. The summed E-state index contributed by atoms with van der Waals surface area (Å²) in [5, 5.41) is 3.24. The number of nitrogens with one attached hydrogen (secondary N) is 1. The van der Waals surface area contributed by atoms with Gasteiger partial charge in [-0.05, 0) is 32.7 Å². The van der Waals surface area contributed by atoms with Crippen LogP contribution < -0.4 is 5.32 Å². The molecule has 2 aliphatic heterocycles. The van der Waals surface area contributed by atoms with E-state index in [1.807, 2.05) is 0 Å². The summed E-state index contributed by atoms with van der Waals surface area (Å²) in [6, 6.07) is 0.480. The lowest BCUT2D eigenvalue weighted by Gasteiger charge is -2.24. The number of carbonyl (C=O) groups is 1. The average molecular weight is 182 g/mol. The summed E-state index contributed by atoms with van der Waals surface area (Å²) in [6.07, 6.45) is 3.40. The molecular weight excluding hydrogens is 164 g/mol. The van der Waals surface area contributed by atoms with E-state index in [0.717, 1.165) is 26.1 Å². The normalized spacial score (nSPS) is 34.1. The van der Waals surface area contributed by atoms with Crippen molar-refractivity contribution in [1.29, 1.82) is 0 Å². The van der Waals surface area contributed by atoms with Crippen LogP contribution in [-0.4, -0.2) is 36.5 Å². The molecular formula is C10H18N2O. The molecule has 13 heavy (non-hydrogen) atoms. The van der Waals surface area contributed by atoms with Gasteiger partial charge < -0.3 is 10.2 Å². The minimum atomic E-state index is 0.264. The molecule has 0 bridgehead atoms. The molecule has 1 N–H and O–H groups in total. The second-order valence-corrected chi connectivity index (χ2v) is 4.21. The maximum atomic E-state index is 11.9. The van der Waals surface area contributed by atoms with Gasteiger partial charge in [-0.2, -0.15) is 0 Å². The van der Waals surface area contributed by atoms with Crippen molar-refractivity contribution in [3.05, 3.63) is 0 Å². The Kier molecular flexibility index (Phi) is 2.54. The van der Waals surface area contributed by atoms with Crippen LogP contribution in [0.2, 0.25) is 0 Å². The Bertz CT molecular complexity index is 199. The zero-order valence-electron chi connectivity index (χ0n) is 8.25. The van der Waals surface area contributed by atoms with E-state index < -0.39 is 0 Å². The van der Waals surface area contributed by atoms with Gasteiger partial charge in [-0.3, -0.25) is 4.79 Å². The summed E-state index contributed by atoms with van der Waals surface area (Å²) < 4.78 is 0. The highest BCUT2D eigenvalue weighted by molar-refractivity contribution is 5.80. The van der Waals surface area contributed by atoms with Gasteiger partial charge >= 0.3 is 0 Å². The molecule has 2 heterocycles. The van der Waals surface area contributed by atoms with Crippen LogP contribution in [0.1, 0.15) is 26.2 Å². The molecule has 3 nitrogen and oxygen atoms in total. The molecule has 2 rings (SSSR count). The van der Waals surface area contributed by atoms with E-state index in [1.54, 1.807) is 0 Å². The molecule has 0 aliphatic carbocycles. The van der Waals surface area contributed by atoms with E-state index in [0.29, 0.717) is 11.9 Å². The van der Waals surface area contributed by atoms with E-state index in [9.17, 15) is 4.79 Å². The quantitative estimate of drug-likeness (QED) is 0.644. The first kappa shape index (κ1) is 9.00. The molecule has 2 aliphatic rings. The summed E-state index contributed by atoms with van der Waals surface area (Å²) in [5.41, 5.74) is 0. The number of amides is 1. The molecule has 74 valence electrons. The van der Waals surface area contributed by atoms with Crippen molar-refractivity contribution in [2.45, 2.75) is 32.2 Å². The highest BCUT2D eigenvalue weighted by atomic mass is 16.2. The monoisotopic (exact) mass is 182 g/mol. The van der Waals surface area contributed by atoms with Crippen molar-refractivity contribution in [2.24, 2.45) is 5.92 Å². The molecule has 2 saturated heterocycles. The number of hydrogen-bond acceptors (Lipinski definition) is 2. The van der Waals surface area contributed by atoms with E-state index >= 15 is 0 Å². The lowest BCUT2D eigenvalue weighted by Crippen LogP contribution is -2.38. The van der Waals surface area contributed by atoms with Gasteiger partial charge in [0.25, 0.3) is 0 Å². The van der Waals surface area contributed by atoms with E-state index in [-0.39, 0.29) is 5.92 Å². The molecule has 1 amide bonds. The van der Waals surface area contributed by atoms with Crippen molar-refractivity contribution in [3.63, 3.8) is 0 Å². The van der Waals surface area contributed by atoms with Crippen LogP contribution in [0.4, 0.5) is 0 Å². The molecule has 2 atom stereocenters. The summed E-state index contributed by atoms with van der Waals surface area (Å²) in [7, 11) is 0. The lowest BCUT2D eigenvalue weighted by atomic mass is 10.1. The molecule has 0 saturated carbocycles. The number of hydrogen-bond donors (Lipinski definition) is 1. The Balaban J connectivity index is 1.95. The fourth-order valence-corrected chi connectivity index (χ4v) is 2.36. The Labute approximate surface area is 79.5 Å². The van der Waals surface area contributed by atoms with Crippen molar-refractivity contribution < 1.29 is 4.79 Å². The van der Waals surface area contributed by atoms with Crippen LogP contribution in [0.5, 0.6) is 0 Å². The predicted molar refractivity (Wildman–Crippen MR) is 51.4 cm³/mol. The standard InChI is InChI=1S/C10H18N2O/c1-8-3-2-6-12(8)10(13)9-4-5-11-7-9/h8-9,11H,2-7H2,1H3/t8-,9+/m1/s1. The maximum absolute atomic E-state index is 11.9. The van der Waals surface area contributed by atoms with Crippen molar-refractivity contribution >= 4 is 5.91 Å². The third-order valence-electron chi connectivity index (χ3n) is 3.25. The molecule has 2 fully saturated rings. The van der Waals surface area contributed by atoms with Crippen LogP contribution in [0.25, 0.3) is 0 Å². The predicted octanol–water partition coefficient (Wildman–Crippen LogP) is 0.607. The second kappa shape index (κ2) is 3.66. The first-order valence-electron chi connectivity index (χ1n) is 5.30. The van der Waals surface area contributed by atoms with Crippen molar-refractivity contribution in [2.75, 3.05) is 19.6 Å². The maximum Gasteiger partial charge on any atom is 0.227 e. The first-order valence-corrected chi connectivity index (χ1v) is 5.30. The van der Waals surface area contributed by atoms with E-state index in [4.69, 9.17) is 0 Å². The van der Waals surface area contributed by atoms with Gasteiger partial charge in [0.1, 0.15) is 0 Å². The highest BCUT2D eigenvalue weighted by Gasteiger charge is 2.31. The van der Waals surface area contributed by atoms with Gasteiger partial charge in [-0.15, -0.1) is 0 Å². The molecule has 0 aromatic rings. The molecule has 0 aromatic heterocycles. The SMILES string of the molecule is C[C@@H]1CCCN1C(=O)[C@H]1CCNC1. The molecule has 0 spiro atoms. The molecule has 3 heteroatoms. The topological polar surface area (TPSA) is 32.3 Å². The Hall–Kier alpha value is -0.570. The molecule has 0 aromatic carbocycles. The minimum absolute atomic E-state index is 0.264. The largest absolute Gasteiger partial charge is 0.340 e. The Morgan fingerprint density at radius 1 is 1.46 bits per heavy atom. The van der Waals surface area contributed by atoms with E-state index in [1.165, 1.54) is 12.8 Å². The number of nitrogens with zero attached hydrogens (tertiary/aromatic N) is 1. The van der Waals surface area contributed by atoms with Gasteiger partial charge in [0.05, 0.1) is 5.92 Å².